The molecule has 0 aromatic heterocycles. The number of amides is 1. The maximum absolute atomic E-state index is 12.3. The van der Waals surface area contributed by atoms with Crippen LogP contribution in [0, 0.1) is 0 Å². The van der Waals surface area contributed by atoms with E-state index in [1.165, 1.54) is 5.56 Å². The van der Waals surface area contributed by atoms with Crippen LogP contribution in [0.3, 0.4) is 0 Å². The SMILES string of the molecule is O=C(NCc1cccc(CN2CCOCC2)c1)c1ccccc1Br. The maximum atomic E-state index is 12.3. The van der Waals surface area contributed by atoms with Gasteiger partial charge >= 0.3 is 0 Å². The molecule has 5 heteroatoms. The lowest BCUT2D eigenvalue weighted by molar-refractivity contribution is 0.0342. The summed E-state index contributed by atoms with van der Waals surface area (Å²) < 4.78 is 6.19. The minimum atomic E-state index is -0.0685. The number of benzene rings is 2. The summed E-state index contributed by atoms with van der Waals surface area (Å²) in [7, 11) is 0. The van der Waals surface area contributed by atoms with Crippen LogP contribution in [-0.4, -0.2) is 37.1 Å². The number of ether oxygens (including phenoxy) is 1. The van der Waals surface area contributed by atoms with Crippen molar-refractivity contribution < 1.29 is 9.53 Å². The Hall–Kier alpha value is -1.69. The average molecular weight is 389 g/mol. The van der Waals surface area contributed by atoms with E-state index in [4.69, 9.17) is 4.74 Å². The monoisotopic (exact) mass is 388 g/mol. The molecule has 4 nitrogen and oxygen atoms in total. The molecule has 24 heavy (non-hydrogen) atoms. The van der Waals surface area contributed by atoms with Crippen molar-refractivity contribution in [3.8, 4) is 0 Å². The molecule has 1 heterocycles. The Balaban J connectivity index is 1.58. The van der Waals surface area contributed by atoms with Crippen molar-refractivity contribution in [2.75, 3.05) is 26.3 Å². The van der Waals surface area contributed by atoms with Crippen LogP contribution in [0.4, 0.5) is 0 Å². The molecule has 0 radical (unpaired) electrons. The van der Waals surface area contributed by atoms with Crippen LogP contribution in [0.1, 0.15) is 21.5 Å². The molecule has 1 fully saturated rings. The van der Waals surface area contributed by atoms with Crippen molar-refractivity contribution in [2.45, 2.75) is 13.1 Å². The van der Waals surface area contributed by atoms with Gasteiger partial charge in [-0.05, 0) is 39.2 Å². The van der Waals surface area contributed by atoms with Crippen LogP contribution < -0.4 is 5.32 Å². The number of rotatable bonds is 5. The fourth-order valence-corrected chi connectivity index (χ4v) is 3.24. The number of halogens is 1. The Kier molecular flexibility index (Phi) is 6.01. The molecule has 0 spiro atoms. The molecule has 126 valence electrons. The Bertz CT molecular complexity index is 699. The summed E-state index contributed by atoms with van der Waals surface area (Å²) >= 11 is 3.41. The molecule has 2 aromatic rings. The van der Waals surface area contributed by atoms with E-state index in [0.29, 0.717) is 12.1 Å². The summed E-state index contributed by atoms with van der Waals surface area (Å²) in [6, 6.07) is 15.8. The van der Waals surface area contributed by atoms with E-state index in [2.05, 4.69) is 44.3 Å². The van der Waals surface area contributed by atoms with Crippen molar-refractivity contribution in [3.63, 3.8) is 0 Å². The minimum Gasteiger partial charge on any atom is -0.379 e. The fourth-order valence-electron chi connectivity index (χ4n) is 2.78. The van der Waals surface area contributed by atoms with Crippen LogP contribution in [-0.2, 0) is 17.8 Å². The number of nitrogens with one attached hydrogen (secondary N) is 1. The topological polar surface area (TPSA) is 41.6 Å². The average Bonchev–Trinajstić information content (AvgIpc) is 2.61. The van der Waals surface area contributed by atoms with Crippen molar-refractivity contribution in [1.29, 1.82) is 0 Å². The van der Waals surface area contributed by atoms with Crippen molar-refractivity contribution in [1.82, 2.24) is 10.2 Å². The largest absolute Gasteiger partial charge is 0.379 e. The molecule has 1 N–H and O–H groups in total. The fraction of sp³-hybridized carbons (Fsp3) is 0.316. The van der Waals surface area contributed by atoms with E-state index in [-0.39, 0.29) is 5.91 Å². The predicted octanol–water partition coefficient (Wildman–Crippen LogP) is 3.21. The van der Waals surface area contributed by atoms with Gasteiger partial charge in [0, 0.05) is 30.7 Å². The van der Waals surface area contributed by atoms with E-state index < -0.39 is 0 Å². The van der Waals surface area contributed by atoms with Gasteiger partial charge in [-0.3, -0.25) is 9.69 Å². The minimum absolute atomic E-state index is 0.0685. The second-order valence-electron chi connectivity index (χ2n) is 5.87. The molecule has 0 saturated carbocycles. The van der Waals surface area contributed by atoms with Gasteiger partial charge in [-0.1, -0.05) is 36.4 Å². The van der Waals surface area contributed by atoms with Gasteiger partial charge in [0.25, 0.3) is 5.91 Å². The summed E-state index contributed by atoms with van der Waals surface area (Å²) in [5.41, 5.74) is 3.03. The van der Waals surface area contributed by atoms with Crippen LogP contribution in [0.25, 0.3) is 0 Å². The van der Waals surface area contributed by atoms with E-state index >= 15 is 0 Å². The van der Waals surface area contributed by atoms with Gasteiger partial charge in [-0.2, -0.15) is 0 Å². The van der Waals surface area contributed by atoms with Gasteiger partial charge in [-0.15, -0.1) is 0 Å². The van der Waals surface area contributed by atoms with Crippen molar-refractivity contribution in [3.05, 3.63) is 69.7 Å². The quantitative estimate of drug-likeness (QED) is 0.854. The number of carbonyl (C=O) groups is 1. The maximum Gasteiger partial charge on any atom is 0.252 e. The Labute approximate surface area is 150 Å². The van der Waals surface area contributed by atoms with Gasteiger partial charge in [0.05, 0.1) is 18.8 Å². The summed E-state index contributed by atoms with van der Waals surface area (Å²) in [5, 5.41) is 2.98. The zero-order valence-corrected chi connectivity index (χ0v) is 15.1. The van der Waals surface area contributed by atoms with Crippen LogP contribution in [0.5, 0.6) is 0 Å². The van der Waals surface area contributed by atoms with E-state index in [1.54, 1.807) is 0 Å². The third kappa shape index (κ3) is 4.66. The molecule has 0 aliphatic carbocycles. The third-order valence-corrected chi connectivity index (χ3v) is 4.76. The highest BCUT2D eigenvalue weighted by atomic mass is 79.9. The normalized spacial score (nSPS) is 15.2. The smallest absolute Gasteiger partial charge is 0.252 e. The zero-order valence-electron chi connectivity index (χ0n) is 13.5. The standard InChI is InChI=1S/C19H21BrN2O2/c20-18-7-2-1-6-17(18)19(23)21-13-15-4-3-5-16(12-15)14-22-8-10-24-11-9-22/h1-7,12H,8-11,13-14H2,(H,21,23). The molecule has 0 unspecified atom stereocenters. The second-order valence-corrected chi connectivity index (χ2v) is 6.73. The molecule has 1 aliphatic rings. The second kappa shape index (κ2) is 8.42. The highest BCUT2D eigenvalue weighted by molar-refractivity contribution is 9.10. The van der Waals surface area contributed by atoms with E-state index in [0.717, 1.165) is 42.9 Å². The number of morpholine rings is 1. The molecule has 0 atom stereocenters. The van der Waals surface area contributed by atoms with Crippen molar-refractivity contribution >= 4 is 21.8 Å². The summed E-state index contributed by atoms with van der Waals surface area (Å²) in [5.74, 6) is -0.0685. The van der Waals surface area contributed by atoms with Gasteiger partial charge in [-0.25, -0.2) is 0 Å². The van der Waals surface area contributed by atoms with Crippen LogP contribution >= 0.6 is 15.9 Å². The van der Waals surface area contributed by atoms with Gasteiger partial charge in [0.15, 0.2) is 0 Å². The third-order valence-electron chi connectivity index (χ3n) is 4.07. The highest BCUT2D eigenvalue weighted by Crippen LogP contribution is 2.16. The lowest BCUT2D eigenvalue weighted by Gasteiger charge is -2.26. The van der Waals surface area contributed by atoms with Crippen LogP contribution in [0.15, 0.2) is 53.0 Å². The Morgan fingerprint density at radius 1 is 1.08 bits per heavy atom. The molecular weight excluding hydrogens is 368 g/mol. The molecule has 1 saturated heterocycles. The van der Waals surface area contributed by atoms with E-state index in [1.807, 2.05) is 30.3 Å². The van der Waals surface area contributed by atoms with Gasteiger partial charge < -0.3 is 10.1 Å². The van der Waals surface area contributed by atoms with Crippen molar-refractivity contribution in [2.24, 2.45) is 0 Å². The molecule has 1 aliphatic heterocycles. The Morgan fingerprint density at radius 3 is 2.62 bits per heavy atom. The number of hydrogen-bond donors (Lipinski definition) is 1. The summed E-state index contributed by atoms with van der Waals surface area (Å²) in [6.07, 6.45) is 0. The van der Waals surface area contributed by atoms with Gasteiger partial charge in [0.2, 0.25) is 0 Å². The first-order valence-corrected chi connectivity index (χ1v) is 8.92. The first kappa shape index (κ1) is 17.1. The molecule has 1 amide bonds. The molecule has 3 rings (SSSR count). The first-order chi connectivity index (χ1) is 11.7. The lowest BCUT2D eigenvalue weighted by Crippen LogP contribution is -2.35. The molecule has 2 aromatic carbocycles. The van der Waals surface area contributed by atoms with E-state index in [9.17, 15) is 4.79 Å². The molecule has 0 bridgehead atoms. The lowest BCUT2D eigenvalue weighted by atomic mass is 10.1. The van der Waals surface area contributed by atoms with Crippen LogP contribution in [0.2, 0.25) is 0 Å². The summed E-state index contributed by atoms with van der Waals surface area (Å²) in [4.78, 5) is 14.7. The highest BCUT2D eigenvalue weighted by Gasteiger charge is 2.11. The number of nitrogens with zero attached hydrogens (tertiary/aromatic N) is 1. The summed E-state index contributed by atoms with van der Waals surface area (Å²) in [6.45, 7) is 5.02. The van der Waals surface area contributed by atoms with Gasteiger partial charge in [0.1, 0.15) is 0 Å². The number of hydrogen-bond acceptors (Lipinski definition) is 3. The first-order valence-electron chi connectivity index (χ1n) is 8.13. The number of carbonyl (C=O) groups excluding carboxylic acids is 1. The predicted molar refractivity (Wildman–Crippen MR) is 97.9 cm³/mol. The Morgan fingerprint density at radius 2 is 1.83 bits per heavy atom. The molecular formula is C19H21BrN2O2. The zero-order chi connectivity index (χ0) is 16.8.